The van der Waals surface area contributed by atoms with Crippen molar-refractivity contribution in [1.82, 2.24) is 34.0 Å². The topological polar surface area (TPSA) is 105 Å². The molecule has 5 rings (SSSR count). The first-order valence-corrected chi connectivity index (χ1v) is 11.2. The number of hydrogen-bond acceptors (Lipinski definition) is 7. The Morgan fingerprint density at radius 2 is 2.03 bits per heavy atom. The molecule has 10 nitrogen and oxygen atoms in total. The Kier molecular flexibility index (Phi) is 5.88. The van der Waals surface area contributed by atoms with Crippen LogP contribution in [-0.2, 0) is 11.3 Å². The minimum absolute atomic E-state index is 0.000859. The highest BCUT2D eigenvalue weighted by atomic mass is 19.4. The lowest BCUT2D eigenvalue weighted by molar-refractivity contribution is -0.140. The summed E-state index contributed by atoms with van der Waals surface area (Å²) in [4.78, 5) is 25.9. The molecule has 0 spiro atoms. The highest BCUT2D eigenvalue weighted by Crippen LogP contribution is 2.31. The van der Waals surface area contributed by atoms with Crippen LogP contribution >= 0.6 is 0 Å². The predicted octanol–water partition coefficient (Wildman–Crippen LogP) is 3.12. The van der Waals surface area contributed by atoms with Crippen molar-refractivity contribution in [3.63, 3.8) is 0 Å². The van der Waals surface area contributed by atoms with E-state index < -0.39 is 24.9 Å². The van der Waals surface area contributed by atoms with Crippen LogP contribution in [0, 0.1) is 0 Å². The second kappa shape index (κ2) is 8.91. The van der Waals surface area contributed by atoms with Crippen LogP contribution in [0.5, 0.6) is 0 Å². The van der Waals surface area contributed by atoms with Gasteiger partial charge in [-0.1, -0.05) is 0 Å². The van der Waals surface area contributed by atoms with Crippen molar-refractivity contribution < 1.29 is 22.4 Å². The summed E-state index contributed by atoms with van der Waals surface area (Å²) in [5, 5.41) is 10.5. The van der Waals surface area contributed by atoms with E-state index >= 15 is 0 Å². The molecule has 2 atom stereocenters. The molecule has 1 amide bonds. The maximum atomic E-state index is 14.7. The van der Waals surface area contributed by atoms with Crippen molar-refractivity contribution in [1.29, 1.82) is 0 Å². The van der Waals surface area contributed by atoms with Gasteiger partial charge in [-0.25, -0.2) is 18.9 Å². The van der Waals surface area contributed by atoms with Gasteiger partial charge in [0.2, 0.25) is 11.9 Å². The summed E-state index contributed by atoms with van der Waals surface area (Å²) in [5.74, 6) is 0.457. The molecule has 4 aromatic heterocycles. The Morgan fingerprint density at radius 1 is 1.22 bits per heavy atom. The Hall–Kier alpha value is -3.97. The molecular formula is C22H23F4N9O. The number of fused-ring (bicyclic) bond motifs is 2. The molecule has 2 N–H and O–H groups in total. The zero-order valence-corrected chi connectivity index (χ0v) is 19.4. The quantitative estimate of drug-likeness (QED) is 0.402. The maximum Gasteiger partial charge on any atom is 0.406 e. The number of anilines is 2. The number of piperidine rings is 1. The minimum atomic E-state index is -4.41. The first kappa shape index (κ1) is 23.8. The van der Waals surface area contributed by atoms with Crippen LogP contribution < -0.4 is 10.6 Å². The number of alkyl halides is 4. The van der Waals surface area contributed by atoms with Crippen LogP contribution in [0.15, 0.2) is 30.7 Å². The molecule has 14 heteroatoms. The number of imidazole rings is 1. The lowest BCUT2D eigenvalue weighted by Crippen LogP contribution is -2.49. The zero-order chi connectivity index (χ0) is 25.6. The molecule has 0 saturated carbocycles. The number of rotatable bonds is 5. The summed E-state index contributed by atoms with van der Waals surface area (Å²) in [6.45, 7) is 0.649. The van der Waals surface area contributed by atoms with Gasteiger partial charge in [-0.2, -0.15) is 18.2 Å². The Labute approximate surface area is 202 Å². The molecule has 0 bridgehead atoms. The van der Waals surface area contributed by atoms with Crippen LogP contribution in [0.2, 0.25) is 0 Å². The molecule has 0 aromatic carbocycles. The van der Waals surface area contributed by atoms with Gasteiger partial charge in [-0.15, -0.1) is 5.10 Å². The molecule has 0 aliphatic carbocycles. The average molecular weight is 505 g/mol. The number of carbonyl (C=O) groups is 1. The smallest absolute Gasteiger partial charge is 0.371 e. The number of amides is 1. The maximum absolute atomic E-state index is 14.7. The summed E-state index contributed by atoms with van der Waals surface area (Å²) >= 11 is 0. The molecule has 1 saturated heterocycles. The molecule has 1 aliphatic rings. The van der Waals surface area contributed by atoms with Crippen molar-refractivity contribution in [3.8, 4) is 11.3 Å². The van der Waals surface area contributed by atoms with E-state index in [1.165, 1.54) is 11.8 Å². The van der Waals surface area contributed by atoms with Gasteiger partial charge in [0.1, 0.15) is 23.7 Å². The molecule has 1 aliphatic heterocycles. The van der Waals surface area contributed by atoms with Gasteiger partial charge in [0.25, 0.3) is 0 Å². The predicted molar refractivity (Wildman–Crippen MR) is 124 cm³/mol. The van der Waals surface area contributed by atoms with Crippen molar-refractivity contribution in [2.45, 2.75) is 38.3 Å². The Bertz CT molecular complexity index is 1430. The summed E-state index contributed by atoms with van der Waals surface area (Å²) in [6.07, 6.45) is -2.50. The fourth-order valence-electron chi connectivity index (χ4n) is 4.38. The number of pyridine rings is 1. The van der Waals surface area contributed by atoms with E-state index in [1.807, 2.05) is 0 Å². The van der Waals surface area contributed by atoms with Crippen LogP contribution in [0.4, 0.5) is 29.3 Å². The summed E-state index contributed by atoms with van der Waals surface area (Å²) in [6, 6.07) is 4.45. The number of hydrogen-bond donors (Lipinski definition) is 2. The fourth-order valence-corrected chi connectivity index (χ4v) is 4.38. The molecular weight excluding hydrogens is 482 g/mol. The van der Waals surface area contributed by atoms with E-state index in [0.717, 1.165) is 10.9 Å². The molecule has 0 unspecified atom stereocenters. The van der Waals surface area contributed by atoms with Gasteiger partial charge in [0.05, 0.1) is 24.6 Å². The highest BCUT2D eigenvalue weighted by Gasteiger charge is 2.31. The van der Waals surface area contributed by atoms with Crippen LogP contribution in [-0.4, -0.2) is 78.5 Å². The van der Waals surface area contributed by atoms with E-state index in [-0.39, 0.29) is 24.0 Å². The van der Waals surface area contributed by atoms with Gasteiger partial charge in [0, 0.05) is 32.3 Å². The van der Waals surface area contributed by atoms with Crippen molar-refractivity contribution in [2.75, 3.05) is 30.8 Å². The third-order valence-electron chi connectivity index (χ3n) is 6.14. The van der Waals surface area contributed by atoms with E-state index in [2.05, 4.69) is 30.7 Å². The van der Waals surface area contributed by atoms with E-state index in [9.17, 15) is 22.4 Å². The van der Waals surface area contributed by atoms with Crippen molar-refractivity contribution in [3.05, 3.63) is 30.7 Å². The summed E-state index contributed by atoms with van der Waals surface area (Å²) in [5.41, 5.74) is 2.04. The zero-order valence-electron chi connectivity index (χ0n) is 19.4. The number of likely N-dealkylation sites (tertiary alicyclic amines) is 1. The highest BCUT2D eigenvalue weighted by molar-refractivity contribution is 5.89. The molecule has 4 aromatic rings. The number of aromatic nitrogens is 6. The van der Waals surface area contributed by atoms with E-state index in [4.69, 9.17) is 0 Å². The average Bonchev–Trinajstić information content (AvgIpc) is 3.42. The Morgan fingerprint density at radius 3 is 2.72 bits per heavy atom. The second-order valence-corrected chi connectivity index (χ2v) is 8.60. The van der Waals surface area contributed by atoms with E-state index in [1.54, 1.807) is 36.0 Å². The first-order chi connectivity index (χ1) is 17.1. The van der Waals surface area contributed by atoms with Gasteiger partial charge < -0.3 is 20.1 Å². The van der Waals surface area contributed by atoms with Crippen molar-refractivity contribution in [2.24, 2.45) is 0 Å². The lowest BCUT2D eigenvalue weighted by atomic mass is 10.0. The molecule has 5 heterocycles. The lowest BCUT2D eigenvalue weighted by Gasteiger charge is -2.34. The molecule has 1 fully saturated rings. The number of nitrogens with zero attached hydrogens (tertiary/aromatic N) is 7. The SMILES string of the molecule is CNc1nc(N[C@H]2CCN(C(C)=O)C[C@H]2F)nn2ccc(-c3ccc4ncn(CC(F)(F)F)c4n3)c12. The largest absolute Gasteiger partial charge is 0.406 e. The van der Waals surface area contributed by atoms with Crippen molar-refractivity contribution >= 4 is 34.4 Å². The molecule has 36 heavy (non-hydrogen) atoms. The monoisotopic (exact) mass is 505 g/mol. The van der Waals surface area contributed by atoms with Gasteiger partial charge >= 0.3 is 6.18 Å². The van der Waals surface area contributed by atoms with Crippen LogP contribution in [0.3, 0.4) is 0 Å². The van der Waals surface area contributed by atoms with Gasteiger partial charge in [-0.05, 0) is 24.6 Å². The first-order valence-electron chi connectivity index (χ1n) is 11.2. The van der Waals surface area contributed by atoms with Gasteiger partial charge in [-0.3, -0.25) is 4.79 Å². The van der Waals surface area contributed by atoms with E-state index in [0.29, 0.717) is 41.1 Å². The number of halogens is 4. The summed E-state index contributed by atoms with van der Waals surface area (Å²) in [7, 11) is 1.67. The molecule has 0 radical (unpaired) electrons. The normalized spacial score (nSPS) is 18.7. The standard InChI is InChI=1S/C22H23F4N9O/c1-12(36)33-7-6-16(14(23)9-33)30-21-31-19(27-2)18-13(5-8-35(18)32-21)15-3-4-17-20(29-15)34(11-28-17)10-22(24,25)26/h3-5,8,11,14,16H,6-7,9-10H2,1-2H3,(H2,27,30,31,32)/t14-,16+/m1/s1. The van der Waals surface area contributed by atoms with Crippen LogP contribution in [0.25, 0.3) is 27.9 Å². The third kappa shape index (κ3) is 4.50. The number of nitrogens with one attached hydrogen (secondary N) is 2. The summed E-state index contributed by atoms with van der Waals surface area (Å²) < 4.78 is 56.1. The van der Waals surface area contributed by atoms with Crippen LogP contribution in [0.1, 0.15) is 13.3 Å². The molecule has 190 valence electrons. The third-order valence-corrected chi connectivity index (χ3v) is 6.14. The minimum Gasteiger partial charge on any atom is -0.371 e. The second-order valence-electron chi connectivity index (χ2n) is 8.60. The number of carbonyl (C=O) groups excluding carboxylic acids is 1. The Balaban J connectivity index is 1.47. The fraction of sp³-hybridized carbons (Fsp3) is 0.409. The van der Waals surface area contributed by atoms with Gasteiger partial charge in [0.15, 0.2) is 11.5 Å².